The largest absolute Gasteiger partial charge is 0.407 e. The van der Waals surface area contributed by atoms with Gasteiger partial charge in [-0.2, -0.15) is 0 Å². The summed E-state index contributed by atoms with van der Waals surface area (Å²) in [7, 11) is 0. The van der Waals surface area contributed by atoms with E-state index in [1.807, 2.05) is 4.90 Å². The van der Waals surface area contributed by atoms with Crippen LogP contribution in [0, 0.1) is 0 Å². The maximum atomic E-state index is 11.2. The van der Waals surface area contributed by atoms with Crippen molar-refractivity contribution in [1.29, 1.82) is 0 Å². The second kappa shape index (κ2) is 7.23. The Hall–Kier alpha value is -1.63. The van der Waals surface area contributed by atoms with Gasteiger partial charge < -0.3 is 20.4 Å². The van der Waals surface area contributed by atoms with Crippen LogP contribution in [0.2, 0.25) is 0 Å². The lowest BCUT2D eigenvalue weighted by molar-refractivity contribution is -0.116. The fourth-order valence-corrected chi connectivity index (χ4v) is 2.54. The summed E-state index contributed by atoms with van der Waals surface area (Å²) in [4.78, 5) is 13.1. The summed E-state index contributed by atoms with van der Waals surface area (Å²) >= 11 is 0. The minimum Gasteiger partial charge on any atom is -0.407 e. The number of nitrogens with one attached hydrogen (secondary N) is 1. The summed E-state index contributed by atoms with van der Waals surface area (Å²) in [6.45, 7) is 3.69. The lowest BCUT2D eigenvalue weighted by Gasteiger charge is -2.25. The van der Waals surface area contributed by atoms with E-state index in [1.54, 1.807) is 0 Å². The molecule has 1 saturated carbocycles. The van der Waals surface area contributed by atoms with Crippen molar-refractivity contribution >= 4 is 11.9 Å². The number of rotatable bonds is 8. The van der Waals surface area contributed by atoms with Gasteiger partial charge in [-0.25, -0.2) is 0 Å². The quantitative estimate of drug-likeness (QED) is 0.684. The van der Waals surface area contributed by atoms with Crippen molar-refractivity contribution in [3.63, 3.8) is 0 Å². The SMILES string of the molecule is CCCNCc1nnc(N(CC(N)=O)C2CCCC2)o1. The predicted octanol–water partition coefficient (Wildman–Crippen LogP) is 0.804. The number of nitrogens with zero attached hydrogens (tertiary/aromatic N) is 3. The Morgan fingerprint density at radius 2 is 2.20 bits per heavy atom. The van der Waals surface area contributed by atoms with Crippen LogP contribution in [0.1, 0.15) is 44.9 Å². The number of aromatic nitrogens is 2. The number of anilines is 1. The Bertz CT molecular complexity index is 428. The molecule has 1 fully saturated rings. The van der Waals surface area contributed by atoms with Crippen LogP contribution in [0.5, 0.6) is 0 Å². The molecule has 1 amide bonds. The molecule has 1 aliphatic carbocycles. The Balaban J connectivity index is 2.02. The van der Waals surface area contributed by atoms with Crippen molar-refractivity contribution in [1.82, 2.24) is 15.5 Å². The molecule has 0 radical (unpaired) electrons. The van der Waals surface area contributed by atoms with Gasteiger partial charge in [-0.05, 0) is 25.8 Å². The van der Waals surface area contributed by atoms with E-state index in [9.17, 15) is 4.79 Å². The number of hydrogen-bond donors (Lipinski definition) is 2. The molecule has 0 atom stereocenters. The van der Waals surface area contributed by atoms with Crippen LogP contribution in [0.4, 0.5) is 6.01 Å². The normalized spacial score (nSPS) is 15.7. The smallest absolute Gasteiger partial charge is 0.318 e. The van der Waals surface area contributed by atoms with Crippen LogP contribution in [0.15, 0.2) is 4.42 Å². The lowest BCUT2D eigenvalue weighted by atomic mass is 10.2. The van der Waals surface area contributed by atoms with E-state index in [0.29, 0.717) is 18.5 Å². The molecule has 1 aromatic heterocycles. The summed E-state index contributed by atoms with van der Waals surface area (Å²) in [6.07, 6.45) is 5.47. The highest BCUT2D eigenvalue weighted by atomic mass is 16.4. The Kier molecular flexibility index (Phi) is 5.34. The molecule has 0 aliphatic heterocycles. The molecule has 1 aliphatic rings. The van der Waals surface area contributed by atoms with Crippen molar-refractivity contribution < 1.29 is 9.21 Å². The van der Waals surface area contributed by atoms with Crippen LogP contribution >= 0.6 is 0 Å². The van der Waals surface area contributed by atoms with Crippen LogP contribution < -0.4 is 16.0 Å². The molecule has 112 valence electrons. The first-order valence-corrected chi connectivity index (χ1v) is 7.28. The zero-order valence-electron chi connectivity index (χ0n) is 12.0. The van der Waals surface area contributed by atoms with E-state index in [1.165, 1.54) is 12.8 Å². The summed E-state index contributed by atoms with van der Waals surface area (Å²) < 4.78 is 5.64. The molecule has 0 unspecified atom stereocenters. The summed E-state index contributed by atoms with van der Waals surface area (Å²) in [5, 5.41) is 11.3. The van der Waals surface area contributed by atoms with Gasteiger partial charge in [0.2, 0.25) is 11.8 Å². The fraction of sp³-hybridized carbons (Fsp3) is 0.769. The summed E-state index contributed by atoms with van der Waals surface area (Å²) in [5.74, 6) is 0.168. The van der Waals surface area contributed by atoms with Gasteiger partial charge in [-0.15, -0.1) is 5.10 Å². The number of hydrogen-bond acceptors (Lipinski definition) is 6. The van der Waals surface area contributed by atoms with Crippen molar-refractivity contribution in [3.05, 3.63) is 5.89 Å². The Morgan fingerprint density at radius 1 is 1.45 bits per heavy atom. The van der Waals surface area contributed by atoms with Crippen LogP contribution in [-0.2, 0) is 11.3 Å². The topological polar surface area (TPSA) is 97.3 Å². The van der Waals surface area contributed by atoms with Gasteiger partial charge in [0.15, 0.2) is 0 Å². The molecule has 1 heterocycles. The summed E-state index contributed by atoms with van der Waals surface area (Å²) in [6, 6.07) is 0.684. The average Bonchev–Trinajstić information content (AvgIpc) is 3.08. The Labute approximate surface area is 118 Å². The second-order valence-electron chi connectivity index (χ2n) is 5.19. The number of primary amides is 1. The van der Waals surface area contributed by atoms with Crippen LogP contribution in [-0.4, -0.2) is 35.2 Å². The third-order valence-corrected chi connectivity index (χ3v) is 3.50. The first kappa shape index (κ1) is 14.8. The highest BCUT2D eigenvalue weighted by Gasteiger charge is 2.27. The third-order valence-electron chi connectivity index (χ3n) is 3.50. The number of nitrogens with two attached hydrogens (primary N) is 1. The van der Waals surface area contributed by atoms with Gasteiger partial charge in [0, 0.05) is 6.04 Å². The first-order chi connectivity index (χ1) is 9.70. The molecule has 7 nitrogen and oxygen atoms in total. The van der Waals surface area contributed by atoms with E-state index in [4.69, 9.17) is 10.2 Å². The van der Waals surface area contributed by atoms with E-state index >= 15 is 0 Å². The van der Waals surface area contributed by atoms with Gasteiger partial charge in [-0.1, -0.05) is 24.9 Å². The maximum Gasteiger partial charge on any atom is 0.318 e. The molecule has 0 aromatic carbocycles. The van der Waals surface area contributed by atoms with Gasteiger partial charge in [0.05, 0.1) is 6.54 Å². The molecule has 20 heavy (non-hydrogen) atoms. The van der Waals surface area contributed by atoms with E-state index < -0.39 is 0 Å². The minimum atomic E-state index is -0.374. The van der Waals surface area contributed by atoms with E-state index in [-0.39, 0.29) is 18.5 Å². The average molecular weight is 281 g/mol. The summed E-state index contributed by atoms with van der Waals surface area (Å²) in [5.41, 5.74) is 5.32. The third kappa shape index (κ3) is 3.93. The maximum absolute atomic E-state index is 11.2. The number of carbonyl (C=O) groups is 1. The molecule has 2 rings (SSSR count). The van der Waals surface area contributed by atoms with Gasteiger partial charge in [0.1, 0.15) is 6.54 Å². The molecular weight excluding hydrogens is 258 g/mol. The highest BCUT2D eigenvalue weighted by molar-refractivity contribution is 5.78. The molecule has 1 aromatic rings. The minimum absolute atomic E-state index is 0.134. The van der Waals surface area contributed by atoms with Crippen LogP contribution in [0.25, 0.3) is 0 Å². The monoisotopic (exact) mass is 281 g/mol. The predicted molar refractivity (Wildman–Crippen MR) is 75.1 cm³/mol. The lowest BCUT2D eigenvalue weighted by Crippen LogP contribution is -2.40. The standard InChI is InChI=1S/C13H23N5O2/c1-2-7-15-8-12-16-17-13(20-12)18(9-11(14)19)10-5-3-4-6-10/h10,15H,2-9H2,1H3,(H2,14,19). The number of carbonyl (C=O) groups excluding carboxylic acids is 1. The molecule has 7 heteroatoms. The molecule has 0 saturated heterocycles. The molecule has 0 bridgehead atoms. The van der Waals surface area contributed by atoms with E-state index in [2.05, 4.69) is 22.4 Å². The van der Waals surface area contributed by atoms with Crippen molar-refractivity contribution in [3.8, 4) is 0 Å². The van der Waals surface area contributed by atoms with Crippen LogP contribution in [0.3, 0.4) is 0 Å². The number of amides is 1. The van der Waals surface area contributed by atoms with Gasteiger partial charge >= 0.3 is 6.01 Å². The zero-order chi connectivity index (χ0) is 14.4. The Morgan fingerprint density at radius 3 is 2.85 bits per heavy atom. The zero-order valence-corrected chi connectivity index (χ0v) is 12.0. The van der Waals surface area contributed by atoms with E-state index in [0.717, 1.165) is 25.8 Å². The first-order valence-electron chi connectivity index (χ1n) is 7.28. The van der Waals surface area contributed by atoms with Crippen molar-refractivity contribution in [2.45, 2.75) is 51.6 Å². The molecule has 3 N–H and O–H groups in total. The van der Waals surface area contributed by atoms with Crippen molar-refractivity contribution in [2.75, 3.05) is 18.0 Å². The van der Waals surface area contributed by atoms with Crippen molar-refractivity contribution in [2.24, 2.45) is 5.73 Å². The highest BCUT2D eigenvalue weighted by Crippen LogP contribution is 2.27. The van der Waals surface area contributed by atoms with Gasteiger partial charge in [0.25, 0.3) is 0 Å². The van der Waals surface area contributed by atoms with Gasteiger partial charge in [-0.3, -0.25) is 4.79 Å². The second-order valence-corrected chi connectivity index (χ2v) is 5.19. The molecular formula is C13H23N5O2. The fourth-order valence-electron chi connectivity index (χ4n) is 2.54. The molecule has 0 spiro atoms.